The van der Waals surface area contributed by atoms with E-state index >= 15 is 0 Å². The zero-order valence-electron chi connectivity index (χ0n) is 15.4. The van der Waals surface area contributed by atoms with Gasteiger partial charge in [0.05, 0.1) is 6.54 Å². The zero-order chi connectivity index (χ0) is 17.3. The highest BCUT2D eigenvalue weighted by Crippen LogP contribution is 2.40. The van der Waals surface area contributed by atoms with Gasteiger partial charge in [-0.3, -0.25) is 9.69 Å². The standard InChI is InChI=1S/C20H30N2O2/c1-14-12-21-17-7-5-6-16(19(14)17)15-8-10-22(11-9-15)13-18(23)24-20(2,3)4/h5-7,14-15,21H,8-13H2,1-4H3/t14-/m1/s1. The highest BCUT2D eigenvalue weighted by atomic mass is 16.6. The van der Waals surface area contributed by atoms with Crippen molar-refractivity contribution in [3.8, 4) is 0 Å². The van der Waals surface area contributed by atoms with Gasteiger partial charge < -0.3 is 10.1 Å². The summed E-state index contributed by atoms with van der Waals surface area (Å²) in [5.41, 5.74) is 3.95. The minimum Gasteiger partial charge on any atom is -0.459 e. The molecule has 0 saturated carbocycles. The number of benzene rings is 1. The van der Waals surface area contributed by atoms with Gasteiger partial charge in [0.2, 0.25) is 0 Å². The summed E-state index contributed by atoms with van der Waals surface area (Å²) in [5, 5.41) is 3.51. The molecule has 1 aromatic rings. The van der Waals surface area contributed by atoms with Gasteiger partial charge in [-0.1, -0.05) is 19.1 Å². The largest absolute Gasteiger partial charge is 0.459 e. The second kappa shape index (κ2) is 6.75. The maximum absolute atomic E-state index is 12.0. The summed E-state index contributed by atoms with van der Waals surface area (Å²) in [6, 6.07) is 6.67. The summed E-state index contributed by atoms with van der Waals surface area (Å²) in [5.74, 6) is 1.09. The number of carbonyl (C=O) groups excluding carboxylic acids is 1. The Hall–Kier alpha value is -1.55. The van der Waals surface area contributed by atoms with Crippen LogP contribution in [0.25, 0.3) is 0 Å². The SMILES string of the molecule is C[C@@H]1CNc2cccc(C3CCN(CC(=O)OC(C)(C)C)CC3)c21. The molecule has 0 unspecified atom stereocenters. The van der Waals surface area contributed by atoms with Crippen molar-refractivity contribution in [2.45, 2.75) is 58.0 Å². The van der Waals surface area contributed by atoms with Crippen molar-refractivity contribution in [3.05, 3.63) is 29.3 Å². The molecule has 1 saturated heterocycles. The van der Waals surface area contributed by atoms with E-state index in [1.165, 1.54) is 16.8 Å². The number of anilines is 1. The third kappa shape index (κ3) is 3.92. The third-order valence-electron chi connectivity index (χ3n) is 5.03. The fourth-order valence-electron chi connectivity index (χ4n) is 3.97. The molecule has 4 heteroatoms. The van der Waals surface area contributed by atoms with Crippen LogP contribution in [0.1, 0.15) is 63.5 Å². The van der Waals surface area contributed by atoms with Crippen molar-refractivity contribution in [2.24, 2.45) is 0 Å². The van der Waals surface area contributed by atoms with Crippen LogP contribution in [-0.2, 0) is 9.53 Å². The Labute approximate surface area is 145 Å². The predicted molar refractivity (Wildman–Crippen MR) is 97.6 cm³/mol. The molecule has 2 aliphatic heterocycles. The zero-order valence-corrected chi connectivity index (χ0v) is 15.4. The topological polar surface area (TPSA) is 41.6 Å². The molecule has 3 rings (SSSR count). The Bertz CT molecular complexity index is 598. The maximum Gasteiger partial charge on any atom is 0.320 e. The minimum atomic E-state index is -0.400. The van der Waals surface area contributed by atoms with Gasteiger partial charge in [0, 0.05) is 18.2 Å². The first-order valence-electron chi connectivity index (χ1n) is 9.14. The number of nitrogens with one attached hydrogen (secondary N) is 1. The molecule has 0 aliphatic carbocycles. The molecular weight excluding hydrogens is 300 g/mol. The molecule has 2 aliphatic rings. The highest BCUT2D eigenvalue weighted by molar-refractivity contribution is 5.72. The van der Waals surface area contributed by atoms with Gasteiger partial charge in [-0.15, -0.1) is 0 Å². The molecule has 0 bridgehead atoms. The molecule has 2 heterocycles. The summed E-state index contributed by atoms with van der Waals surface area (Å²) in [6.07, 6.45) is 2.23. The van der Waals surface area contributed by atoms with Crippen LogP contribution < -0.4 is 5.32 Å². The third-order valence-corrected chi connectivity index (χ3v) is 5.03. The average Bonchev–Trinajstić information content (AvgIpc) is 2.88. The number of rotatable bonds is 3. The van der Waals surface area contributed by atoms with Gasteiger partial charge in [-0.05, 0) is 69.8 Å². The van der Waals surface area contributed by atoms with E-state index in [4.69, 9.17) is 4.74 Å². The molecular formula is C20H30N2O2. The van der Waals surface area contributed by atoms with E-state index in [2.05, 4.69) is 35.3 Å². The van der Waals surface area contributed by atoms with Crippen molar-refractivity contribution in [1.29, 1.82) is 0 Å². The predicted octanol–water partition coefficient (Wildman–Crippen LogP) is 3.74. The Morgan fingerprint density at radius 1 is 1.29 bits per heavy atom. The van der Waals surface area contributed by atoms with Crippen molar-refractivity contribution in [3.63, 3.8) is 0 Å². The fourth-order valence-corrected chi connectivity index (χ4v) is 3.97. The summed E-state index contributed by atoms with van der Waals surface area (Å²) >= 11 is 0. The number of esters is 1. The molecule has 1 N–H and O–H groups in total. The number of ether oxygens (including phenoxy) is 1. The summed E-state index contributed by atoms with van der Waals surface area (Å²) in [4.78, 5) is 14.2. The summed E-state index contributed by atoms with van der Waals surface area (Å²) < 4.78 is 5.44. The Morgan fingerprint density at radius 3 is 2.67 bits per heavy atom. The van der Waals surface area contributed by atoms with Crippen LogP contribution in [0.2, 0.25) is 0 Å². The second-order valence-corrected chi connectivity index (χ2v) is 8.23. The lowest BCUT2D eigenvalue weighted by Crippen LogP contribution is -2.39. The average molecular weight is 330 g/mol. The monoisotopic (exact) mass is 330 g/mol. The first kappa shape index (κ1) is 17.3. The van der Waals surface area contributed by atoms with Gasteiger partial charge >= 0.3 is 5.97 Å². The molecule has 0 spiro atoms. The van der Waals surface area contributed by atoms with Gasteiger partial charge in [0.15, 0.2) is 0 Å². The van der Waals surface area contributed by atoms with Gasteiger partial charge in [-0.25, -0.2) is 0 Å². The van der Waals surface area contributed by atoms with E-state index in [1.807, 2.05) is 20.8 Å². The smallest absolute Gasteiger partial charge is 0.320 e. The minimum absolute atomic E-state index is 0.112. The molecule has 0 aromatic heterocycles. The molecule has 1 fully saturated rings. The maximum atomic E-state index is 12.0. The van der Waals surface area contributed by atoms with Crippen LogP contribution in [0.4, 0.5) is 5.69 Å². The lowest BCUT2D eigenvalue weighted by molar-refractivity contribution is -0.156. The van der Waals surface area contributed by atoms with Crippen molar-refractivity contribution in [2.75, 3.05) is 31.5 Å². The van der Waals surface area contributed by atoms with E-state index in [1.54, 1.807) is 0 Å². The molecule has 1 atom stereocenters. The number of nitrogens with zero attached hydrogens (tertiary/aromatic N) is 1. The molecule has 24 heavy (non-hydrogen) atoms. The first-order chi connectivity index (χ1) is 11.3. The van der Waals surface area contributed by atoms with E-state index in [9.17, 15) is 4.79 Å². The molecule has 1 aromatic carbocycles. The van der Waals surface area contributed by atoms with Gasteiger partial charge in [-0.2, -0.15) is 0 Å². The normalized spacial score (nSPS) is 22.1. The van der Waals surface area contributed by atoms with Gasteiger partial charge in [0.25, 0.3) is 0 Å². The number of carbonyl (C=O) groups is 1. The fraction of sp³-hybridized carbons (Fsp3) is 0.650. The number of hydrogen-bond acceptors (Lipinski definition) is 4. The van der Waals surface area contributed by atoms with Crippen molar-refractivity contribution >= 4 is 11.7 Å². The van der Waals surface area contributed by atoms with Crippen LogP contribution in [0.15, 0.2) is 18.2 Å². The van der Waals surface area contributed by atoms with Crippen LogP contribution in [0, 0.1) is 0 Å². The quantitative estimate of drug-likeness (QED) is 0.857. The van der Waals surface area contributed by atoms with Gasteiger partial charge in [0.1, 0.15) is 5.60 Å². The Balaban J connectivity index is 1.59. The Morgan fingerprint density at radius 2 is 2.00 bits per heavy atom. The molecule has 0 amide bonds. The summed E-state index contributed by atoms with van der Waals surface area (Å²) in [6.45, 7) is 11.5. The summed E-state index contributed by atoms with van der Waals surface area (Å²) in [7, 11) is 0. The van der Waals surface area contributed by atoms with E-state index in [0.29, 0.717) is 18.4 Å². The van der Waals surface area contributed by atoms with Crippen molar-refractivity contribution < 1.29 is 9.53 Å². The van der Waals surface area contributed by atoms with Crippen molar-refractivity contribution in [1.82, 2.24) is 4.90 Å². The van der Waals surface area contributed by atoms with E-state index in [0.717, 1.165) is 32.5 Å². The van der Waals surface area contributed by atoms with Crippen LogP contribution in [-0.4, -0.2) is 42.6 Å². The first-order valence-corrected chi connectivity index (χ1v) is 9.14. The molecule has 132 valence electrons. The molecule has 0 radical (unpaired) electrons. The van der Waals surface area contributed by atoms with Crippen LogP contribution in [0.3, 0.4) is 0 Å². The van der Waals surface area contributed by atoms with Crippen LogP contribution in [0.5, 0.6) is 0 Å². The van der Waals surface area contributed by atoms with E-state index in [-0.39, 0.29) is 5.97 Å². The Kier molecular flexibility index (Phi) is 4.86. The lowest BCUT2D eigenvalue weighted by Gasteiger charge is -2.33. The highest BCUT2D eigenvalue weighted by Gasteiger charge is 2.29. The number of likely N-dealkylation sites (tertiary alicyclic amines) is 1. The number of piperidine rings is 1. The number of fused-ring (bicyclic) bond motifs is 1. The second-order valence-electron chi connectivity index (χ2n) is 8.23. The van der Waals surface area contributed by atoms with Crippen LogP contribution >= 0.6 is 0 Å². The van der Waals surface area contributed by atoms with E-state index < -0.39 is 5.60 Å². The molecule has 4 nitrogen and oxygen atoms in total. The lowest BCUT2D eigenvalue weighted by atomic mass is 9.83. The number of hydrogen-bond donors (Lipinski definition) is 1.